The molecule has 1 aliphatic rings. The number of nitrogens with one attached hydrogen (secondary N) is 1. The molecule has 34 heavy (non-hydrogen) atoms. The Morgan fingerprint density at radius 1 is 0.794 bits per heavy atom. The number of furan rings is 1. The second-order valence-corrected chi connectivity index (χ2v) is 9.71. The number of hydrogen-bond donors (Lipinski definition) is 1. The zero-order valence-electron chi connectivity index (χ0n) is 18.2. The van der Waals surface area contributed by atoms with Crippen LogP contribution in [0.15, 0.2) is 88.4 Å². The fraction of sp³-hybridized carbons (Fsp3) is 0.208. The fourth-order valence-electron chi connectivity index (χ4n) is 3.66. The monoisotopic (exact) mass is 481 g/mol. The summed E-state index contributed by atoms with van der Waals surface area (Å²) in [5, 5.41) is 0.602. The molecule has 0 aliphatic carbocycles. The zero-order chi connectivity index (χ0) is 24.1. The molecule has 4 rings (SSSR count). The van der Waals surface area contributed by atoms with E-state index >= 15 is 0 Å². The van der Waals surface area contributed by atoms with Crippen molar-refractivity contribution in [2.45, 2.75) is 10.3 Å². The van der Waals surface area contributed by atoms with Gasteiger partial charge in [0.05, 0.1) is 11.2 Å². The number of amides is 3. The molecule has 0 spiro atoms. The first kappa shape index (κ1) is 23.2. The molecule has 1 saturated heterocycles. The van der Waals surface area contributed by atoms with Crippen molar-refractivity contribution in [3.63, 3.8) is 0 Å². The average Bonchev–Trinajstić information content (AvgIpc) is 3.42. The molecule has 1 atom stereocenters. The highest BCUT2D eigenvalue weighted by Gasteiger charge is 2.39. The van der Waals surface area contributed by atoms with Gasteiger partial charge in [-0.25, -0.2) is 8.42 Å². The van der Waals surface area contributed by atoms with Crippen LogP contribution in [0.1, 0.15) is 20.9 Å². The van der Waals surface area contributed by atoms with Crippen molar-refractivity contribution in [3.05, 3.63) is 90.4 Å². The highest BCUT2D eigenvalue weighted by Crippen LogP contribution is 2.18. The Morgan fingerprint density at radius 3 is 1.97 bits per heavy atom. The van der Waals surface area contributed by atoms with E-state index in [2.05, 4.69) is 5.32 Å². The molecule has 1 N–H and O–H groups in total. The van der Waals surface area contributed by atoms with E-state index in [9.17, 15) is 22.8 Å². The molecule has 0 unspecified atom stereocenters. The largest absolute Gasteiger partial charge is 0.459 e. The highest BCUT2D eigenvalue weighted by molar-refractivity contribution is 7.92. The lowest BCUT2D eigenvalue weighted by Gasteiger charge is -2.36. The molecule has 3 aromatic rings. The van der Waals surface area contributed by atoms with E-state index in [4.69, 9.17) is 4.42 Å². The number of carbonyl (C=O) groups excluding carboxylic acids is 3. The summed E-state index contributed by atoms with van der Waals surface area (Å²) in [5.41, 5.74) is 0.234. The van der Waals surface area contributed by atoms with Crippen LogP contribution in [0.4, 0.5) is 0 Å². The third kappa shape index (κ3) is 4.86. The van der Waals surface area contributed by atoms with E-state index < -0.39 is 27.0 Å². The molecule has 1 aromatic heterocycles. The lowest BCUT2D eigenvalue weighted by atomic mass is 10.2. The molecule has 2 aromatic carbocycles. The lowest BCUT2D eigenvalue weighted by molar-refractivity contribution is -0.132. The van der Waals surface area contributed by atoms with Gasteiger partial charge >= 0.3 is 0 Å². The van der Waals surface area contributed by atoms with Crippen LogP contribution < -0.4 is 5.32 Å². The summed E-state index contributed by atoms with van der Waals surface area (Å²) < 4.78 is 31.9. The third-order valence-electron chi connectivity index (χ3n) is 5.52. The van der Waals surface area contributed by atoms with Crippen LogP contribution in [0.25, 0.3) is 0 Å². The molecule has 1 aliphatic heterocycles. The predicted octanol–water partition coefficient (Wildman–Crippen LogP) is 1.79. The van der Waals surface area contributed by atoms with Gasteiger partial charge in [0.25, 0.3) is 17.7 Å². The van der Waals surface area contributed by atoms with E-state index in [-0.39, 0.29) is 48.3 Å². The molecular formula is C24H23N3O6S. The summed E-state index contributed by atoms with van der Waals surface area (Å²) in [6, 6.07) is 18.8. The van der Waals surface area contributed by atoms with Gasteiger partial charge in [0, 0.05) is 31.7 Å². The van der Waals surface area contributed by atoms with Crippen molar-refractivity contribution in [3.8, 4) is 0 Å². The Hall–Kier alpha value is -3.92. The van der Waals surface area contributed by atoms with E-state index in [1.54, 1.807) is 48.5 Å². The molecule has 0 saturated carbocycles. The highest BCUT2D eigenvalue weighted by atomic mass is 32.2. The predicted molar refractivity (Wildman–Crippen MR) is 123 cm³/mol. The maximum absolute atomic E-state index is 13.4. The van der Waals surface area contributed by atoms with Crippen LogP contribution in [0.2, 0.25) is 0 Å². The van der Waals surface area contributed by atoms with Crippen LogP contribution >= 0.6 is 0 Å². The smallest absolute Gasteiger partial charge is 0.289 e. The second kappa shape index (κ2) is 9.92. The number of carbonyl (C=O) groups is 3. The van der Waals surface area contributed by atoms with Crippen molar-refractivity contribution < 1.29 is 27.2 Å². The molecule has 176 valence electrons. The summed E-state index contributed by atoms with van der Waals surface area (Å²) in [7, 11) is -4.24. The number of nitrogens with zero attached hydrogens (tertiary/aromatic N) is 2. The topological polar surface area (TPSA) is 117 Å². The molecule has 9 nitrogen and oxygen atoms in total. The fourth-order valence-corrected chi connectivity index (χ4v) is 5.15. The van der Waals surface area contributed by atoms with E-state index in [1.807, 2.05) is 0 Å². The van der Waals surface area contributed by atoms with Gasteiger partial charge in [-0.15, -0.1) is 0 Å². The van der Waals surface area contributed by atoms with Crippen LogP contribution in [0, 0.1) is 0 Å². The average molecular weight is 482 g/mol. The molecule has 10 heteroatoms. The van der Waals surface area contributed by atoms with Crippen molar-refractivity contribution >= 4 is 27.6 Å². The van der Waals surface area contributed by atoms with Crippen LogP contribution in [-0.4, -0.2) is 67.5 Å². The van der Waals surface area contributed by atoms with Crippen LogP contribution in [0.3, 0.4) is 0 Å². The third-order valence-corrected chi connectivity index (χ3v) is 7.38. The van der Waals surface area contributed by atoms with Crippen molar-refractivity contribution in [2.75, 3.05) is 26.2 Å². The maximum Gasteiger partial charge on any atom is 0.289 e. The molecule has 1 fully saturated rings. The summed E-state index contributed by atoms with van der Waals surface area (Å²) in [5.74, 6) is -1.54. The maximum atomic E-state index is 13.4. The Balaban J connectivity index is 1.54. The number of benzene rings is 2. The number of piperazine rings is 1. The van der Waals surface area contributed by atoms with Gasteiger partial charge in [-0.3, -0.25) is 14.4 Å². The van der Waals surface area contributed by atoms with E-state index in [1.165, 1.54) is 40.3 Å². The van der Waals surface area contributed by atoms with Crippen molar-refractivity contribution in [1.82, 2.24) is 15.1 Å². The normalized spacial score (nSPS) is 14.9. The van der Waals surface area contributed by atoms with Gasteiger partial charge in [0.1, 0.15) is 0 Å². The summed E-state index contributed by atoms with van der Waals surface area (Å²) >= 11 is 0. The molecular weight excluding hydrogens is 458 g/mol. The van der Waals surface area contributed by atoms with E-state index in [0.29, 0.717) is 0 Å². The summed E-state index contributed by atoms with van der Waals surface area (Å²) in [4.78, 5) is 41.5. The van der Waals surface area contributed by atoms with Gasteiger partial charge in [-0.1, -0.05) is 36.4 Å². The van der Waals surface area contributed by atoms with E-state index in [0.717, 1.165) is 0 Å². The second-order valence-electron chi connectivity index (χ2n) is 7.67. The van der Waals surface area contributed by atoms with Gasteiger partial charge < -0.3 is 19.5 Å². The van der Waals surface area contributed by atoms with Gasteiger partial charge in [0.2, 0.25) is 15.2 Å². The molecule has 2 heterocycles. The Morgan fingerprint density at radius 2 is 1.38 bits per heavy atom. The minimum Gasteiger partial charge on any atom is -0.459 e. The molecule has 0 bridgehead atoms. The van der Waals surface area contributed by atoms with Crippen molar-refractivity contribution in [1.29, 1.82) is 0 Å². The molecule has 0 radical (unpaired) electrons. The van der Waals surface area contributed by atoms with Crippen LogP contribution in [0.5, 0.6) is 0 Å². The zero-order valence-corrected chi connectivity index (χ0v) is 19.0. The first-order chi connectivity index (χ1) is 16.4. The Labute approximate surface area is 196 Å². The Bertz CT molecular complexity index is 1250. The minimum absolute atomic E-state index is 0.0756. The standard InChI is InChI=1S/C24H23N3O6S/c28-21(18-8-3-1-4-9-18)25-22(34(31,32)19-10-5-2-6-11-19)24(30)27-15-13-26(14-16-27)23(29)20-12-7-17-33-20/h1-12,17,22H,13-16H2,(H,25,28)/t22-/m0/s1. The lowest BCUT2D eigenvalue weighted by Crippen LogP contribution is -2.57. The van der Waals surface area contributed by atoms with Crippen LogP contribution in [-0.2, 0) is 14.6 Å². The van der Waals surface area contributed by atoms with Crippen molar-refractivity contribution in [2.24, 2.45) is 0 Å². The SMILES string of the molecule is O=C(N[C@H](C(=O)N1CCN(C(=O)c2ccco2)CC1)S(=O)(=O)c1ccccc1)c1ccccc1. The van der Waals surface area contributed by atoms with Gasteiger partial charge in [0.15, 0.2) is 5.76 Å². The first-order valence-corrected chi connectivity index (χ1v) is 12.2. The number of hydrogen-bond acceptors (Lipinski definition) is 6. The quantitative estimate of drug-likeness (QED) is 0.574. The number of sulfone groups is 1. The Kier molecular flexibility index (Phi) is 6.78. The summed E-state index contributed by atoms with van der Waals surface area (Å²) in [6.07, 6.45) is 1.40. The number of rotatable bonds is 6. The van der Waals surface area contributed by atoms with Gasteiger partial charge in [-0.05, 0) is 36.4 Å². The molecule has 3 amide bonds. The minimum atomic E-state index is -4.24. The summed E-state index contributed by atoms with van der Waals surface area (Å²) in [6.45, 7) is 0.645. The first-order valence-electron chi connectivity index (χ1n) is 10.6. The van der Waals surface area contributed by atoms with Gasteiger partial charge in [-0.2, -0.15) is 0 Å².